The lowest BCUT2D eigenvalue weighted by Gasteiger charge is -2.26. The molecule has 0 aliphatic carbocycles. The Hall–Kier alpha value is -3.87. The van der Waals surface area contributed by atoms with Crippen molar-refractivity contribution >= 4 is 16.0 Å². The summed E-state index contributed by atoms with van der Waals surface area (Å²) in [6.45, 7) is 3.03. The smallest absolute Gasteiger partial charge is 0.274 e. The second-order valence-electron chi connectivity index (χ2n) is 8.28. The Labute approximate surface area is 209 Å². The average molecular weight is 538 g/mol. The summed E-state index contributed by atoms with van der Waals surface area (Å²) < 4.78 is 101. The third-order valence-corrected chi connectivity index (χ3v) is 6.88. The molecule has 4 aromatic rings. The van der Waals surface area contributed by atoms with Crippen molar-refractivity contribution < 1.29 is 30.4 Å². The first-order valence-electron chi connectivity index (χ1n) is 10.7. The fraction of sp³-hybridized carbons (Fsp3) is 0.208. The lowest BCUT2D eigenvalue weighted by Crippen LogP contribution is -2.35. The molecule has 2 aromatic carbocycles. The highest BCUT2D eigenvalue weighted by Crippen LogP contribution is 2.50. The van der Waals surface area contributed by atoms with Crippen LogP contribution in [0, 0.1) is 13.8 Å². The van der Waals surface area contributed by atoms with Crippen LogP contribution < -0.4 is 4.72 Å². The van der Waals surface area contributed by atoms with Gasteiger partial charge in [0.2, 0.25) is 5.95 Å². The van der Waals surface area contributed by atoms with Gasteiger partial charge in [-0.1, -0.05) is 48.5 Å². The standard InChI is InChI=1S/C24H20F5N5O2S/c1-14-8-4-6-10-17(14)20-19(23(25,26)24(27,28)29)21(18-11-7-5-9-15(18)2)32-22(31-20)33-37(35,36)16-12-30-34(3)13-16/h4-13H,1-3H3,(H,31,32,33). The number of aromatic nitrogens is 4. The minimum Gasteiger partial charge on any atom is -0.274 e. The van der Waals surface area contributed by atoms with Gasteiger partial charge in [-0.2, -0.15) is 27.1 Å². The van der Waals surface area contributed by atoms with Crippen molar-refractivity contribution in [3.63, 3.8) is 0 Å². The van der Waals surface area contributed by atoms with Crippen LogP contribution in [0.3, 0.4) is 0 Å². The molecule has 0 fully saturated rings. The predicted molar refractivity (Wildman–Crippen MR) is 126 cm³/mol. The molecule has 0 spiro atoms. The molecule has 2 heterocycles. The number of sulfonamides is 1. The topological polar surface area (TPSA) is 89.8 Å². The molecule has 0 saturated carbocycles. The van der Waals surface area contributed by atoms with Crippen molar-refractivity contribution in [3.8, 4) is 22.5 Å². The van der Waals surface area contributed by atoms with Crippen molar-refractivity contribution in [3.05, 3.63) is 77.6 Å². The van der Waals surface area contributed by atoms with E-state index < -0.39 is 45.0 Å². The van der Waals surface area contributed by atoms with Crippen LogP contribution in [0.4, 0.5) is 27.9 Å². The van der Waals surface area contributed by atoms with Crippen molar-refractivity contribution in [1.82, 2.24) is 19.7 Å². The lowest BCUT2D eigenvalue weighted by molar-refractivity contribution is -0.289. The van der Waals surface area contributed by atoms with E-state index in [-0.39, 0.29) is 16.0 Å². The first-order valence-corrected chi connectivity index (χ1v) is 12.2. The van der Waals surface area contributed by atoms with Crippen LogP contribution in [0.1, 0.15) is 16.7 Å². The second kappa shape index (κ2) is 9.21. The van der Waals surface area contributed by atoms with Gasteiger partial charge in [-0.25, -0.2) is 23.1 Å². The maximum atomic E-state index is 15.2. The number of hydrogen-bond donors (Lipinski definition) is 1. The van der Waals surface area contributed by atoms with E-state index in [0.717, 1.165) is 6.20 Å². The van der Waals surface area contributed by atoms with Crippen LogP contribution in [0.5, 0.6) is 0 Å². The van der Waals surface area contributed by atoms with E-state index in [0.29, 0.717) is 11.1 Å². The number of rotatable bonds is 6. The fourth-order valence-electron chi connectivity index (χ4n) is 3.73. The highest BCUT2D eigenvalue weighted by atomic mass is 32.2. The quantitative estimate of drug-likeness (QED) is 0.323. The summed E-state index contributed by atoms with van der Waals surface area (Å²) in [5.74, 6) is -6.05. The van der Waals surface area contributed by atoms with E-state index in [1.807, 2.05) is 0 Å². The number of alkyl halides is 5. The van der Waals surface area contributed by atoms with Gasteiger partial charge in [0, 0.05) is 24.4 Å². The minimum absolute atomic E-state index is 0.0412. The predicted octanol–water partition coefficient (Wildman–Crippen LogP) is 5.62. The third-order valence-electron chi connectivity index (χ3n) is 5.60. The molecule has 194 valence electrons. The zero-order chi connectivity index (χ0) is 27.2. The summed E-state index contributed by atoms with van der Waals surface area (Å²) in [5.41, 5.74) is -2.38. The Morgan fingerprint density at radius 2 is 1.32 bits per heavy atom. The van der Waals surface area contributed by atoms with Crippen LogP contribution in [0.2, 0.25) is 0 Å². The maximum absolute atomic E-state index is 15.2. The molecule has 0 unspecified atom stereocenters. The number of nitrogens with zero attached hydrogens (tertiary/aromatic N) is 4. The third kappa shape index (κ3) is 4.90. The number of halogens is 5. The van der Waals surface area contributed by atoms with Gasteiger partial charge < -0.3 is 0 Å². The van der Waals surface area contributed by atoms with Gasteiger partial charge >= 0.3 is 12.1 Å². The minimum atomic E-state index is -5.98. The molecule has 7 nitrogen and oxygen atoms in total. The Balaban J connectivity index is 2.09. The van der Waals surface area contributed by atoms with Crippen LogP contribution in [-0.2, 0) is 23.0 Å². The molecule has 4 rings (SSSR count). The van der Waals surface area contributed by atoms with Crippen molar-refractivity contribution in [2.75, 3.05) is 4.72 Å². The monoisotopic (exact) mass is 537 g/mol. The van der Waals surface area contributed by atoms with E-state index in [1.165, 1.54) is 68.2 Å². The summed E-state index contributed by atoms with van der Waals surface area (Å²) in [5, 5.41) is 3.78. The Bertz CT molecular complexity index is 1520. The van der Waals surface area contributed by atoms with E-state index in [1.54, 1.807) is 12.1 Å². The van der Waals surface area contributed by atoms with Crippen LogP contribution in [0.25, 0.3) is 22.5 Å². The number of nitrogens with one attached hydrogen (secondary N) is 1. The molecular weight excluding hydrogens is 517 g/mol. The molecule has 0 radical (unpaired) electrons. The Kier molecular flexibility index (Phi) is 6.52. The number of hydrogen-bond acceptors (Lipinski definition) is 5. The summed E-state index contributed by atoms with van der Waals surface area (Å²) in [4.78, 5) is 7.54. The van der Waals surface area contributed by atoms with Gasteiger partial charge in [0.25, 0.3) is 10.0 Å². The van der Waals surface area contributed by atoms with E-state index in [9.17, 15) is 21.6 Å². The summed E-state index contributed by atoms with van der Waals surface area (Å²) >= 11 is 0. The van der Waals surface area contributed by atoms with E-state index in [4.69, 9.17) is 0 Å². The molecule has 0 amide bonds. The second-order valence-corrected chi connectivity index (χ2v) is 9.96. The van der Waals surface area contributed by atoms with Crippen LogP contribution in [0.15, 0.2) is 65.8 Å². The normalized spacial score (nSPS) is 12.5. The Morgan fingerprint density at radius 3 is 1.73 bits per heavy atom. The summed E-state index contributed by atoms with van der Waals surface area (Å²) in [7, 11) is -2.87. The van der Waals surface area contributed by atoms with Gasteiger partial charge in [-0.05, 0) is 25.0 Å². The van der Waals surface area contributed by atoms with Crippen molar-refractivity contribution in [2.45, 2.75) is 30.8 Å². The number of benzene rings is 2. The molecular formula is C24H20F5N5O2S. The lowest BCUT2D eigenvalue weighted by atomic mass is 9.92. The van der Waals surface area contributed by atoms with Gasteiger partial charge in [0.15, 0.2) is 0 Å². The molecule has 37 heavy (non-hydrogen) atoms. The number of aryl methyl sites for hydroxylation is 3. The molecule has 1 N–H and O–H groups in total. The highest BCUT2D eigenvalue weighted by molar-refractivity contribution is 7.92. The molecule has 13 heteroatoms. The summed E-state index contributed by atoms with van der Waals surface area (Å²) in [6, 6.07) is 11.7. The maximum Gasteiger partial charge on any atom is 0.458 e. The molecule has 0 atom stereocenters. The molecule has 0 aliphatic heterocycles. The molecule has 2 aromatic heterocycles. The fourth-order valence-corrected chi connectivity index (χ4v) is 4.66. The molecule has 0 saturated heterocycles. The van der Waals surface area contributed by atoms with E-state index in [2.05, 4.69) is 19.8 Å². The molecule has 0 aliphatic rings. The van der Waals surface area contributed by atoms with Crippen molar-refractivity contribution in [1.29, 1.82) is 0 Å². The first-order chi connectivity index (χ1) is 17.2. The first kappa shape index (κ1) is 26.2. The highest BCUT2D eigenvalue weighted by Gasteiger charge is 2.61. The summed E-state index contributed by atoms with van der Waals surface area (Å²) in [6.07, 6.45) is -3.76. The number of anilines is 1. The van der Waals surface area contributed by atoms with E-state index >= 15 is 8.78 Å². The van der Waals surface area contributed by atoms with Gasteiger partial charge in [0.05, 0.1) is 23.1 Å². The van der Waals surface area contributed by atoms with Gasteiger partial charge in [0.1, 0.15) is 4.90 Å². The SMILES string of the molecule is Cc1ccccc1-c1nc(NS(=O)(=O)c2cnn(C)c2)nc(-c2ccccc2C)c1C(F)(F)C(F)(F)F. The van der Waals surface area contributed by atoms with Gasteiger partial charge in [-0.3, -0.25) is 4.68 Å². The zero-order valence-electron chi connectivity index (χ0n) is 19.7. The van der Waals surface area contributed by atoms with Crippen molar-refractivity contribution in [2.24, 2.45) is 7.05 Å². The Morgan fingerprint density at radius 1 is 0.838 bits per heavy atom. The van der Waals surface area contributed by atoms with Crippen LogP contribution >= 0.6 is 0 Å². The molecule has 0 bridgehead atoms. The van der Waals surface area contributed by atoms with Gasteiger partial charge in [-0.15, -0.1) is 0 Å². The average Bonchev–Trinajstić information content (AvgIpc) is 3.25. The largest absolute Gasteiger partial charge is 0.458 e. The zero-order valence-corrected chi connectivity index (χ0v) is 20.5. The van der Waals surface area contributed by atoms with Crippen LogP contribution in [-0.4, -0.2) is 34.3 Å².